The molecule has 4 rings (SSSR count). The number of unbranched alkanes of at least 4 members (excludes halogenated alkanes) is 1. The molecule has 57 heavy (non-hydrogen) atoms. The molecule has 2 aliphatic rings. The predicted molar refractivity (Wildman–Crippen MR) is 211 cm³/mol. The lowest BCUT2D eigenvalue weighted by atomic mass is 9.90. The third-order valence-electron chi connectivity index (χ3n) is 9.53. The molecule has 9 atom stereocenters. The summed E-state index contributed by atoms with van der Waals surface area (Å²) in [6, 6.07) is 6.01. The van der Waals surface area contributed by atoms with E-state index in [1.807, 2.05) is 18.2 Å². The number of nitrogens with one attached hydrogen (secondary N) is 5. The van der Waals surface area contributed by atoms with Gasteiger partial charge in [0.15, 0.2) is 11.9 Å². The van der Waals surface area contributed by atoms with Gasteiger partial charge in [-0.1, -0.05) is 48.0 Å². The highest BCUT2D eigenvalue weighted by Crippen LogP contribution is 2.39. The number of Topliss-reactive ketones (excluding diaryl/α,β-unsaturated/α-hetero) is 1. The molecule has 0 spiro atoms. The van der Waals surface area contributed by atoms with E-state index in [1.165, 1.54) is 13.8 Å². The Kier molecular flexibility index (Phi) is 16.8. The number of ether oxygens (including phenoxy) is 1. The van der Waals surface area contributed by atoms with Crippen molar-refractivity contribution in [3.05, 3.63) is 88.7 Å². The van der Waals surface area contributed by atoms with Gasteiger partial charge in [-0.3, -0.25) is 33.8 Å². The van der Waals surface area contributed by atoms with Crippen LogP contribution in [0.5, 0.6) is 0 Å². The van der Waals surface area contributed by atoms with Gasteiger partial charge in [0.05, 0.1) is 12.1 Å². The summed E-state index contributed by atoms with van der Waals surface area (Å²) >= 11 is 5.99. The molecule has 2 heterocycles. The standard InChI is InChI=1S/C39H52ClN9O8/c1-21(31(51)33-32(57-33)26-6-5-19-44-20-26)45-36(53)28(7-3-4-17-41)47-39(56)34(43)49-38(55)30(22(2)50)48-37(54)29(16-18-42)46-35(52)25-10-8-23(9-11-25)24-12-14-27(40)15-13-24/h5-6,8,10-15,19-23,28-30,32-34,50H,3-4,7,9,16-18,41-43H2,1-2H3,(H,45,53)(H,46,52)(H,47,56)(H,48,54)(H,49,55)/t21-,22+,23?,28-,29-,30-,32?,33?,34+/m0/s1. The number of ketones is 1. The molecule has 1 saturated heterocycles. The summed E-state index contributed by atoms with van der Waals surface area (Å²) in [5, 5.41) is 23.5. The number of amides is 5. The number of benzene rings is 1. The SMILES string of the molecule is C[C@H](NC(=O)[C@H](CCCCN)NC(=O)[C@H](N)NC(=O)[C@@H](NC(=O)[C@H](CCN)NC(=O)C1=CCC(c2ccc(Cl)cc2)C=C1)[C@@H](C)O)C(=O)C1OC1c1cccnc1. The van der Waals surface area contributed by atoms with Crippen molar-refractivity contribution in [2.45, 2.75) is 101 Å². The van der Waals surface area contributed by atoms with E-state index < -0.39 is 78.2 Å². The normalized spacial score (nSPS) is 20.3. The number of carbonyl (C=O) groups is 6. The number of halogens is 1. The van der Waals surface area contributed by atoms with Gasteiger partial charge < -0.3 is 53.6 Å². The summed E-state index contributed by atoms with van der Waals surface area (Å²) in [5.74, 6) is -4.30. The molecule has 1 aromatic heterocycles. The Balaban J connectivity index is 1.31. The van der Waals surface area contributed by atoms with Crippen LogP contribution in [0.2, 0.25) is 5.02 Å². The van der Waals surface area contributed by atoms with Gasteiger partial charge in [-0.05, 0) is 82.8 Å². The van der Waals surface area contributed by atoms with E-state index >= 15 is 0 Å². The second-order valence-electron chi connectivity index (χ2n) is 14.0. The zero-order valence-corrected chi connectivity index (χ0v) is 32.6. The van der Waals surface area contributed by atoms with E-state index in [1.54, 1.807) is 48.8 Å². The largest absolute Gasteiger partial charge is 0.391 e. The monoisotopic (exact) mass is 809 g/mol. The van der Waals surface area contributed by atoms with Crippen LogP contribution in [0.15, 0.2) is 72.6 Å². The van der Waals surface area contributed by atoms with Gasteiger partial charge >= 0.3 is 0 Å². The van der Waals surface area contributed by atoms with Crippen LogP contribution in [-0.2, 0) is 33.5 Å². The quantitative estimate of drug-likeness (QED) is 0.0444. The average molecular weight is 810 g/mol. The predicted octanol–water partition coefficient (Wildman–Crippen LogP) is -0.367. The van der Waals surface area contributed by atoms with Crippen LogP contribution in [-0.4, -0.2) is 101 Å². The lowest BCUT2D eigenvalue weighted by molar-refractivity contribution is -0.136. The molecular weight excluding hydrogens is 758 g/mol. The summed E-state index contributed by atoms with van der Waals surface area (Å²) < 4.78 is 5.53. The maximum atomic E-state index is 13.4. The van der Waals surface area contributed by atoms with Crippen LogP contribution in [0.25, 0.3) is 0 Å². The molecule has 1 aromatic carbocycles. The van der Waals surface area contributed by atoms with Crippen molar-refractivity contribution in [2.24, 2.45) is 17.2 Å². The molecule has 308 valence electrons. The van der Waals surface area contributed by atoms with Crippen LogP contribution in [0.4, 0.5) is 0 Å². The smallest absolute Gasteiger partial charge is 0.258 e. The van der Waals surface area contributed by atoms with E-state index in [2.05, 4.69) is 31.6 Å². The number of aliphatic hydroxyl groups excluding tert-OH is 1. The minimum absolute atomic E-state index is 0.00856. The van der Waals surface area contributed by atoms with Crippen molar-refractivity contribution in [1.29, 1.82) is 0 Å². The molecule has 0 saturated carbocycles. The van der Waals surface area contributed by atoms with Gasteiger partial charge in [-0.15, -0.1) is 0 Å². The number of hydrogen-bond donors (Lipinski definition) is 9. The van der Waals surface area contributed by atoms with Crippen molar-refractivity contribution in [2.75, 3.05) is 13.1 Å². The highest BCUT2D eigenvalue weighted by molar-refractivity contribution is 6.30. The summed E-state index contributed by atoms with van der Waals surface area (Å²) in [6.07, 6.45) is 5.73. The number of rotatable bonds is 21. The van der Waals surface area contributed by atoms with Crippen molar-refractivity contribution < 1.29 is 38.6 Å². The van der Waals surface area contributed by atoms with Gasteiger partial charge in [0.1, 0.15) is 30.3 Å². The molecule has 1 aliphatic carbocycles. The van der Waals surface area contributed by atoms with E-state index in [4.69, 9.17) is 33.5 Å². The fraction of sp³-hybridized carbons (Fsp3) is 0.462. The zero-order valence-electron chi connectivity index (χ0n) is 31.9. The number of epoxide rings is 1. The number of pyridine rings is 1. The van der Waals surface area contributed by atoms with Gasteiger partial charge in [0, 0.05) is 34.5 Å². The zero-order chi connectivity index (χ0) is 41.6. The van der Waals surface area contributed by atoms with Crippen molar-refractivity contribution in [3.8, 4) is 0 Å². The number of carbonyl (C=O) groups excluding carboxylic acids is 6. The first-order chi connectivity index (χ1) is 27.2. The van der Waals surface area contributed by atoms with Gasteiger partial charge in [-0.25, -0.2) is 0 Å². The third kappa shape index (κ3) is 13.0. The second kappa shape index (κ2) is 21.5. The number of hydrogen-bond acceptors (Lipinski definition) is 12. The lowest BCUT2D eigenvalue weighted by Gasteiger charge is -2.27. The summed E-state index contributed by atoms with van der Waals surface area (Å²) in [5.41, 5.74) is 19.4. The molecule has 3 unspecified atom stereocenters. The summed E-state index contributed by atoms with van der Waals surface area (Å²) in [4.78, 5) is 83.3. The molecule has 1 fully saturated rings. The van der Waals surface area contributed by atoms with Crippen LogP contribution in [0, 0.1) is 0 Å². The fourth-order valence-corrected chi connectivity index (χ4v) is 6.30. The molecule has 5 amide bonds. The fourth-order valence-electron chi connectivity index (χ4n) is 6.17. The Bertz CT molecular complexity index is 1790. The number of nitrogens with zero attached hydrogens (tertiary/aromatic N) is 1. The lowest BCUT2D eigenvalue weighted by Crippen LogP contribution is -2.63. The van der Waals surface area contributed by atoms with Crippen LogP contribution in [0.1, 0.15) is 69.1 Å². The highest BCUT2D eigenvalue weighted by Gasteiger charge is 2.48. The Morgan fingerprint density at radius 3 is 2.18 bits per heavy atom. The molecule has 17 nitrogen and oxygen atoms in total. The Hall–Kier alpha value is -5.04. The Morgan fingerprint density at radius 1 is 0.860 bits per heavy atom. The number of aliphatic hydroxyl groups is 1. The van der Waals surface area contributed by atoms with Crippen LogP contribution >= 0.6 is 11.6 Å². The number of allylic oxidation sites excluding steroid dienone is 2. The minimum atomic E-state index is -1.72. The van der Waals surface area contributed by atoms with Crippen LogP contribution < -0.4 is 43.8 Å². The molecule has 0 radical (unpaired) electrons. The summed E-state index contributed by atoms with van der Waals surface area (Å²) in [7, 11) is 0. The molecule has 0 bridgehead atoms. The number of aromatic nitrogens is 1. The molecular formula is C39H52ClN9O8. The first-order valence-corrected chi connectivity index (χ1v) is 19.2. The molecule has 1 aliphatic heterocycles. The van der Waals surface area contributed by atoms with Gasteiger partial charge in [0.25, 0.3) is 11.8 Å². The molecule has 18 heteroatoms. The first-order valence-electron chi connectivity index (χ1n) is 18.8. The maximum absolute atomic E-state index is 13.4. The third-order valence-corrected chi connectivity index (χ3v) is 9.78. The van der Waals surface area contributed by atoms with Gasteiger partial charge in [0.2, 0.25) is 17.7 Å². The average Bonchev–Trinajstić information content (AvgIpc) is 4.00. The van der Waals surface area contributed by atoms with E-state index in [0.29, 0.717) is 36.4 Å². The highest BCUT2D eigenvalue weighted by atomic mass is 35.5. The number of nitrogens with two attached hydrogens (primary N) is 3. The van der Waals surface area contributed by atoms with Crippen LogP contribution in [0.3, 0.4) is 0 Å². The van der Waals surface area contributed by atoms with E-state index in [9.17, 15) is 33.9 Å². The topological polar surface area (TPSA) is 286 Å². The summed E-state index contributed by atoms with van der Waals surface area (Å²) in [6.45, 7) is 3.09. The first kappa shape index (κ1) is 44.7. The maximum Gasteiger partial charge on any atom is 0.258 e. The second-order valence-corrected chi connectivity index (χ2v) is 14.4. The molecule has 12 N–H and O–H groups in total. The minimum Gasteiger partial charge on any atom is -0.391 e. The Labute approximate surface area is 335 Å². The van der Waals surface area contributed by atoms with Gasteiger partial charge in [-0.2, -0.15) is 0 Å². The molecule has 2 aromatic rings. The van der Waals surface area contributed by atoms with E-state index in [-0.39, 0.29) is 31.1 Å². The Morgan fingerprint density at radius 2 is 1.56 bits per heavy atom. The van der Waals surface area contributed by atoms with E-state index in [0.717, 1.165) is 11.1 Å². The van der Waals surface area contributed by atoms with Crippen molar-refractivity contribution >= 4 is 46.9 Å². The van der Waals surface area contributed by atoms with Crippen molar-refractivity contribution in [3.63, 3.8) is 0 Å². The van der Waals surface area contributed by atoms with Crippen molar-refractivity contribution in [1.82, 2.24) is 31.6 Å².